The van der Waals surface area contributed by atoms with Crippen LogP contribution in [-0.4, -0.2) is 28.5 Å². The summed E-state index contributed by atoms with van der Waals surface area (Å²) in [6.45, 7) is 10.9. The Morgan fingerprint density at radius 2 is 1.17 bits per heavy atom. The smallest absolute Gasteiger partial charge is 0.358 e. The van der Waals surface area contributed by atoms with E-state index in [1.807, 2.05) is 64.1 Å². The van der Waals surface area contributed by atoms with Crippen LogP contribution < -0.4 is 0 Å². The van der Waals surface area contributed by atoms with Gasteiger partial charge in [0.1, 0.15) is 0 Å². The minimum absolute atomic E-state index is 0.163. The number of nitrogens with zero attached hydrogens (tertiary/aromatic N) is 1. The van der Waals surface area contributed by atoms with Gasteiger partial charge in [-0.1, -0.05) is 54.0 Å². The van der Waals surface area contributed by atoms with Gasteiger partial charge in [-0.25, -0.2) is 0 Å². The Labute approximate surface area is 317 Å². The lowest BCUT2D eigenvalue weighted by atomic mass is 9.95. The van der Waals surface area contributed by atoms with E-state index in [-0.39, 0.29) is 30.6 Å². The van der Waals surface area contributed by atoms with Crippen molar-refractivity contribution in [3.05, 3.63) is 154 Å². The maximum Gasteiger partial charge on any atom is 0.380 e. The predicted molar refractivity (Wildman–Crippen MR) is 208 cm³/mol. The average Bonchev–Trinajstić information content (AvgIpc) is 3.88. The van der Waals surface area contributed by atoms with Crippen LogP contribution in [0.4, 0.5) is 26.3 Å². The number of rotatable bonds is 4. The molecule has 54 heavy (non-hydrogen) atoms. The van der Waals surface area contributed by atoms with Crippen molar-refractivity contribution in [1.82, 2.24) is 4.98 Å². The Kier molecular flexibility index (Phi) is 9.28. The van der Waals surface area contributed by atoms with Crippen LogP contribution in [0, 0.1) is 51.4 Å². The van der Waals surface area contributed by atoms with Gasteiger partial charge >= 0.3 is 17.8 Å². The summed E-state index contributed by atoms with van der Waals surface area (Å²) in [6.07, 6.45) is 2.03. The first-order valence-electron chi connectivity index (χ1n) is 16.9. The van der Waals surface area contributed by atoms with Crippen molar-refractivity contribution in [1.29, 1.82) is 0 Å². The Balaban J connectivity index is 1.26. The number of halogens is 6. The second kappa shape index (κ2) is 13.5. The molecule has 0 unspecified atom stereocenters. The molecule has 4 heterocycles. The monoisotopic (exact) mass is 766 g/mol. The van der Waals surface area contributed by atoms with E-state index in [0.29, 0.717) is 11.1 Å². The number of hydrogen-bond donors (Lipinski definition) is 1. The number of aryl methyl sites for hydroxylation is 4. The molecule has 1 aliphatic heterocycles. The number of alkyl halides is 6. The van der Waals surface area contributed by atoms with Gasteiger partial charge in [-0.05, 0) is 118 Å². The highest BCUT2D eigenvalue weighted by Gasteiger charge is 2.80. The Morgan fingerprint density at radius 3 is 1.63 bits per heavy atom. The molecule has 1 aliphatic carbocycles. The molecular formula is C44H32F6N2S2. The van der Waals surface area contributed by atoms with Gasteiger partial charge in [0.05, 0.1) is 21.1 Å². The summed E-state index contributed by atoms with van der Waals surface area (Å²) in [4.78, 5) is 9.13. The molecule has 5 aromatic rings. The van der Waals surface area contributed by atoms with Crippen LogP contribution in [0.25, 0.3) is 16.7 Å². The lowest BCUT2D eigenvalue weighted by Crippen LogP contribution is -2.48. The molecule has 272 valence electrons. The molecule has 0 saturated heterocycles. The molecule has 2 nitrogen and oxygen atoms in total. The largest absolute Gasteiger partial charge is 0.380 e. The number of aliphatic imine (C=N–C) groups is 1. The number of allylic oxidation sites excluding steroid dienone is 4. The molecule has 0 atom stereocenters. The third kappa shape index (κ3) is 6.28. The first-order chi connectivity index (χ1) is 25.5. The number of aromatic nitrogens is 1. The van der Waals surface area contributed by atoms with E-state index in [1.54, 1.807) is 24.3 Å². The standard InChI is InChI=1S/C44H32F6N2S2/c1-24-20-26(3)51-40(24)37(41-25(2)21-27(4)52-41)32-16-12-31(13-17-32)15-19-34-23-36(29(6)54-34)39-38(42(45,46)44(49,50)43(39,47)48)35-22-33(53-28(35)5)18-14-30-10-8-7-9-11-30/h7-13,16-17,20-23,51H,1-6H3/b41-37-. The van der Waals surface area contributed by atoms with Gasteiger partial charge < -0.3 is 4.98 Å². The average molecular weight is 767 g/mol. The number of thiophene rings is 2. The molecule has 10 heteroatoms. The van der Waals surface area contributed by atoms with Gasteiger partial charge in [-0.15, -0.1) is 22.7 Å². The first kappa shape index (κ1) is 37.0. The number of hydrogen-bond acceptors (Lipinski definition) is 3. The maximum absolute atomic E-state index is 15.7. The van der Waals surface area contributed by atoms with E-state index in [9.17, 15) is 0 Å². The van der Waals surface area contributed by atoms with Crippen LogP contribution in [0.1, 0.15) is 78.1 Å². The van der Waals surface area contributed by atoms with E-state index in [1.165, 1.54) is 26.0 Å². The highest BCUT2D eigenvalue weighted by molar-refractivity contribution is 7.13. The second-order valence-electron chi connectivity index (χ2n) is 13.4. The van der Waals surface area contributed by atoms with E-state index >= 15 is 26.3 Å². The SMILES string of the molecule is CC1=CC(C)=N/C1=C(/c1ccc(C#Cc2cc(C3=C(c4cc(C#Cc5ccccc5)sc4C)C(F)(F)C(F)(F)C3(F)F)c(C)s2)cc1)c1[nH]c(C)cc1C. The van der Waals surface area contributed by atoms with Gasteiger partial charge in [0, 0.05) is 49.0 Å². The molecule has 0 fully saturated rings. The Hall–Kier alpha value is -5.29. The summed E-state index contributed by atoms with van der Waals surface area (Å²) < 4.78 is 93.0. The molecular weight excluding hydrogens is 735 g/mol. The second-order valence-corrected chi connectivity index (χ2v) is 15.9. The van der Waals surface area contributed by atoms with Crippen LogP contribution in [0.2, 0.25) is 0 Å². The lowest BCUT2D eigenvalue weighted by molar-refractivity contribution is -0.254. The van der Waals surface area contributed by atoms with Gasteiger partial charge in [-0.2, -0.15) is 26.3 Å². The third-order valence-corrected chi connectivity index (χ3v) is 11.3. The fraction of sp³-hybridized carbons (Fsp3) is 0.205. The van der Waals surface area contributed by atoms with Crippen LogP contribution in [0.5, 0.6) is 0 Å². The summed E-state index contributed by atoms with van der Waals surface area (Å²) in [5.74, 6) is -4.28. The zero-order valence-electron chi connectivity index (χ0n) is 30.0. The van der Waals surface area contributed by atoms with Crippen molar-refractivity contribution < 1.29 is 26.3 Å². The number of H-pyrrole nitrogens is 1. The van der Waals surface area contributed by atoms with Gasteiger partial charge in [-0.3, -0.25) is 4.99 Å². The highest BCUT2D eigenvalue weighted by atomic mass is 32.1. The van der Waals surface area contributed by atoms with Crippen LogP contribution >= 0.6 is 22.7 Å². The van der Waals surface area contributed by atoms with E-state index in [4.69, 9.17) is 4.99 Å². The molecule has 0 amide bonds. The zero-order valence-corrected chi connectivity index (χ0v) is 31.7. The summed E-state index contributed by atoms with van der Waals surface area (Å²) in [5, 5.41) is 0. The van der Waals surface area contributed by atoms with Gasteiger partial charge in [0.2, 0.25) is 0 Å². The third-order valence-electron chi connectivity index (χ3n) is 9.37. The van der Waals surface area contributed by atoms with Crippen LogP contribution in [0.3, 0.4) is 0 Å². The van der Waals surface area contributed by atoms with Crippen molar-refractivity contribution in [2.24, 2.45) is 4.99 Å². The zero-order chi connectivity index (χ0) is 38.7. The summed E-state index contributed by atoms with van der Waals surface area (Å²) in [5.41, 5.74) is 5.41. The molecule has 0 bridgehead atoms. The topological polar surface area (TPSA) is 28.1 Å². The van der Waals surface area contributed by atoms with E-state index in [0.717, 1.165) is 67.7 Å². The minimum atomic E-state index is -5.67. The quantitative estimate of drug-likeness (QED) is 0.139. The van der Waals surface area contributed by atoms with Crippen molar-refractivity contribution in [2.45, 2.75) is 59.3 Å². The maximum atomic E-state index is 15.7. The summed E-state index contributed by atoms with van der Waals surface area (Å²) in [7, 11) is 0. The van der Waals surface area contributed by atoms with E-state index in [2.05, 4.69) is 34.7 Å². The minimum Gasteiger partial charge on any atom is -0.358 e. The fourth-order valence-electron chi connectivity index (χ4n) is 6.85. The lowest BCUT2D eigenvalue weighted by Gasteiger charge is -2.25. The van der Waals surface area contributed by atoms with Crippen LogP contribution in [0.15, 0.2) is 95.1 Å². The van der Waals surface area contributed by atoms with Crippen molar-refractivity contribution in [3.63, 3.8) is 0 Å². The Bertz CT molecular complexity index is 2590. The molecule has 3 aromatic heterocycles. The van der Waals surface area contributed by atoms with Gasteiger partial charge in [0.15, 0.2) is 0 Å². The van der Waals surface area contributed by atoms with Crippen molar-refractivity contribution in [2.75, 3.05) is 0 Å². The summed E-state index contributed by atoms with van der Waals surface area (Å²) in [6, 6.07) is 20.8. The molecule has 2 aliphatic rings. The van der Waals surface area contributed by atoms with E-state index < -0.39 is 28.9 Å². The fourth-order valence-corrected chi connectivity index (χ4v) is 8.60. The Morgan fingerprint density at radius 1 is 0.648 bits per heavy atom. The first-order valence-corrected chi connectivity index (χ1v) is 18.6. The molecule has 0 spiro atoms. The summed E-state index contributed by atoms with van der Waals surface area (Å²) >= 11 is 1.96. The normalized spacial score (nSPS) is 17.8. The number of benzene rings is 2. The number of aromatic amines is 1. The molecule has 0 radical (unpaired) electrons. The van der Waals surface area contributed by atoms with Crippen molar-refractivity contribution >= 4 is 45.1 Å². The van der Waals surface area contributed by atoms with Gasteiger partial charge in [0.25, 0.3) is 0 Å². The van der Waals surface area contributed by atoms with Crippen molar-refractivity contribution in [3.8, 4) is 23.7 Å². The highest BCUT2D eigenvalue weighted by Crippen LogP contribution is 2.65. The molecule has 2 aromatic carbocycles. The molecule has 0 saturated carbocycles. The molecule has 1 N–H and O–H groups in total. The van der Waals surface area contributed by atoms with Crippen LogP contribution in [-0.2, 0) is 0 Å². The predicted octanol–water partition coefficient (Wildman–Crippen LogP) is 12.2. The number of nitrogens with one attached hydrogen (secondary N) is 1. The molecule has 7 rings (SSSR count).